The molecular weight excluding hydrogens is 423 g/mol. The summed E-state index contributed by atoms with van der Waals surface area (Å²) in [4.78, 5) is 15.1. The fourth-order valence-corrected chi connectivity index (χ4v) is 2.30. The van der Waals surface area contributed by atoms with Gasteiger partial charge in [-0.3, -0.25) is 9.79 Å². The Morgan fingerprint density at radius 3 is 1.97 bits per heavy atom. The van der Waals surface area contributed by atoms with E-state index in [4.69, 9.17) is 28.3 Å². The number of halogens is 2. The number of aliphatic hydroxyl groups is 1. The van der Waals surface area contributed by atoms with Crippen molar-refractivity contribution in [3.05, 3.63) is 70.3 Å². The number of hydrogen-bond donors (Lipinski definition) is 4. The van der Waals surface area contributed by atoms with Gasteiger partial charge in [-0.1, -0.05) is 35.8 Å². The van der Waals surface area contributed by atoms with Crippen LogP contribution in [0.5, 0.6) is 0 Å². The van der Waals surface area contributed by atoms with Crippen LogP contribution in [0, 0.1) is 0 Å². The number of hydrogen-bond acceptors (Lipinski definition) is 5. The molecule has 0 aromatic heterocycles. The summed E-state index contributed by atoms with van der Waals surface area (Å²) in [6.45, 7) is 7.32. The first-order valence-corrected chi connectivity index (χ1v) is 9.93. The van der Waals surface area contributed by atoms with Crippen molar-refractivity contribution in [3.63, 3.8) is 0 Å². The number of allylic oxidation sites excluding steroid dienone is 1. The van der Waals surface area contributed by atoms with Crippen LogP contribution in [0.3, 0.4) is 0 Å². The second-order valence-electron chi connectivity index (χ2n) is 5.86. The van der Waals surface area contributed by atoms with Gasteiger partial charge in [-0.15, -0.1) is 0 Å². The molecule has 30 heavy (non-hydrogen) atoms. The average molecular weight is 453 g/mol. The van der Waals surface area contributed by atoms with E-state index in [1.54, 1.807) is 31.3 Å². The lowest BCUT2D eigenvalue weighted by Crippen LogP contribution is -2.14. The maximum absolute atomic E-state index is 11.3. The smallest absolute Gasteiger partial charge is 0.246 e. The highest BCUT2D eigenvalue weighted by atomic mass is 35.5. The molecule has 0 aliphatic carbocycles. The molecule has 6 nitrogen and oxygen atoms in total. The number of aliphatic hydroxyl groups excluding tert-OH is 1. The highest BCUT2D eigenvalue weighted by Gasteiger charge is 2.01. The minimum Gasteiger partial charge on any atom is -0.392 e. The molecule has 0 heterocycles. The number of rotatable bonds is 6. The number of nitrogens with zero attached hydrogens (tertiary/aromatic N) is 1. The molecule has 0 saturated carbocycles. The molecule has 0 atom stereocenters. The fraction of sp³-hybridized carbons (Fsp3) is 0.273. The van der Waals surface area contributed by atoms with Crippen LogP contribution in [-0.4, -0.2) is 37.9 Å². The third-order valence-corrected chi connectivity index (χ3v) is 4.23. The number of benzene rings is 2. The highest BCUT2D eigenvalue weighted by molar-refractivity contribution is 6.35. The van der Waals surface area contributed by atoms with Crippen molar-refractivity contribution in [2.24, 2.45) is 4.99 Å². The van der Waals surface area contributed by atoms with Gasteiger partial charge in [-0.25, -0.2) is 0 Å². The lowest BCUT2D eigenvalue weighted by atomic mass is 10.2. The Labute approximate surface area is 189 Å². The van der Waals surface area contributed by atoms with Crippen LogP contribution in [-0.2, 0) is 11.4 Å². The largest absolute Gasteiger partial charge is 0.392 e. The van der Waals surface area contributed by atoms with Crippen LogP contribution in [0.4, 0.5) is 11.4 Å². The number of aliphatic imine (C=N–C) groups is 1. The normalized spacial score (nSPS) is 9.57. The Hall–Kier alpha value is -2.54. The SMILES string of the molecule is C=C(C)NC.CC=NCC(=O)Nc1ccc(NC)cc1.OCc1c(Cl)cccc1Cl. The van der Waals surface area contributed by atoms with Crippen LogP contribution in [0.1, 0.15) is 19.4 Å². The molecule has 2 aromatic rings. The standard InChI is InChI=1S/C11H15N3O.C7H6Cl2O.C4H9N/c1-3-13-8-11(15)14-10-6-4-9(12-2)5-7-10;8-6-2-1-3-7(9)5(6)4-10;1-4(2)5-3/h3-7,12H,8H2,1-2H3,(H,14,15);1-3,10H,4H2;5H,1H2,2-3H3. The van der Waals surface area contributed by atoms with Gasteiger partial charge in [0.1, 0.15) is 6.54 Å². The minimum atomic E-state index is -0.113. The Balaban J connectivity index is 0.000000481. The van der Waals surface area contributed by atoms with Crippen LogP contribution < -0.4 is 16.0 Å². The van der Waals surface area contributed by atoms with E-state index in [1.165, 1.54) is 0 Å². The third-order valence-electron chi connectivity index (χ3n) is 3.52. The van der Waals surface area contributed by atoms with E-state index in [-0.39, 0.29) is 19.1 Å². The number of carbonyl (C=O) groups is 1. The van der Waals surface area contributed by atoms with E-state index in [2.05, 4.69) is 27.5 Å². The van der Waals surface area contributed by atoms with E-state index in [0.717, 1.165) is 17.1 Å². The molecule has 0 aliphatic rings. The van der Waals surface area contributed by atoms with Crippen LogP contribution >= 0.6 is 23.2 Å². The predicted molar refractivity (Wildman–Crippen MR) is 130 cm³/mol. The molecule has 0 radical (unpaired) electrons. The average Bonchev–Trinajstić information content (AvgIpc) is 2.74. The summed E-state index contributed by atoms with van der Waals surface area (Å²) >= 11 is 11.4. The van der Waals surface area contributed by atoms with Crippen molar-refractivity contribution in [2.45, 2.75) is 20.5 Å². The zero-order chi connectivity index (χ0) is 22.9. The van der Waals surface area contributed by atoms with E-state index >= 15 is 0 Å². The zero-order valence-corrected chi connectivity index (χ0v) is 19.3. The number of nitrogens with one attached hydrogen (secondary N) is 3. The Kier molecular flexibility index (Phi) is 14.9. The van der Waals surface area contributed by atoms with Crippen molar-refractivity contribution >= 4 is 46.7 Å². The van der Waals surface area contributed by atoms with E-state index in [1.807, 2.05) is 45.3 Å². The zero-order valence-electron chi connectivity index (χ0n) is 17.8. The van der Waals surface area contributed by atoms with Gasteiger partial charge in [0.25, 0.3) is 0 Å². The van der Waals surface area contributed by atoms with Crippen molar-refractivity contribution in [1.29, 1.82) is 0 Å². The van der Waals surface area contributed by atoms with Gasteiger partial charge < -0.3 is 21.1 Å². The summed E-state index contributed by atoms with van der Waals surface area (Å²) in [5.74, 6) is -0.106. The topological polar surface area (TPSA) is 85.8 Å². The summed E-state index contributed by atoms with van der Waals surface area (Å²) in [7, 11) is 3.70. The molecule has 4 N–H and O–H groups in total. The van der Waals surface area contributed by atoms with Crippen LogP contribution in [0.2, 0.25) is 10.0 Å². The maximum atomic E-state index is 11.3. The summed E-state index contributed by atoms with van der Waals surface area (Å²) in [5.41, 5.74) is 3.39. The molecule has 0 spiro atoms. The fourth-order valence-electron chi connectivity index (χ4n) is 1.78. The van der Waals surface area contributed by atoms with Gasteiger partial charge in [0.05, 0.1) is 6.61 Å². The van der Waals surface area contributed by atoms with Gasteiger partial charge in [0, 0.05) is 41.1 Å². The van der Waals surface area contributed by atoms with Crippen LogP contribution in [0.15, 0.2) is 59.7 Å². The van der Waals surface area contributed by atoms with Gasteiger partial charge >= 0.3 is 0 Å². The molecule has 8 heteroatoms. The maximum Gasteiger partial charge on any atom is 0.246 e. The third kappa shape index (κ3) is 12.1. The molecule has 0 bridgehead atoms. The molecule has 164 valence electrons. The Morgan fingerprint density at radius 2 is 1.60 bits per heavy atom. The van der Waals surface area contributed by atoms with Gasteiger partial charge in [0.2, 0.25) is 5.91 Å². The van der Waals surface area contributed by atoms with E-state index in [9.17, 15) is 4.79 Å². The van der Waals surface area contributed by atoms with Crippen molar-refractivity contribution in [1.82, 2.24) is 5.32 Å². The lowest BCUT2D eigenvalue weighted by Gasteiger charge is -2.04. The first-order chi connectivity index (χ1) is 14.3. The summed E-state index contributed by atoms with van der Waals surface area (Å²) in [5, 5.41) is 18.3. The number of carbonyl (C=O) groups excluding carboxylic acids is 1. The summed E-state index contributed by atoms with van der Waals surface area (Å²) in [6.07, 6.45) is 1.61. The quantitative estimate of drug-likeness (QED) is 0.465. The molecule has 0 unspecified atom stereocenters. The van der Waals surface area contributed by atoms with Gasteiger partial charge in [-0.2, -0.15) is 0 Å². The van der Waals surface area contributed by atoms with Crippen molar-refractivity contribution < 1.29 is 9.90 Å². The lowest BCUT2D eigenvalue weighted by molar-refractivity contribution is -0.114. The first-order valence-electron chi connectivity index (χ1n) is 9.18. The predicted octanol–water partition coefficient (Wildman–Crippen LogP) is 4.98. The number of anilines is 2. The number of amides is 1. The van der Waals surface area contributed by atoms with E-state index in [0.29, 0.717) is 15.6 Å². The summed E-state index contributed by atoms with van der Waals surface area (Å²) < 4.78 is 0. The van der Waals surface area contributed by atoms with Gasteiger partial charge in [0.15, 0.2) is 0 Å². The molecule has 0 aliphatic heterocycles. The molecule has 0 saturated heterocycles. The molecule has 2 aromatic carbocycles. The van der Waals surface area contributed by atoms with E-state index < -0.39 is 0 Å². The summed E-state index contributed by atoms with van der Waals surface area (Å²) in [6, 6.07) is 12.6. The Morgan fingerprint density at radius 1 is 1.10 bits per heavy atom. The monoisotopic (exact) mass is 452 g/mol. The minimum absolute atomic E-state index is 0.106. The second kappa shape index (κ2) is 16.3. The van der Waals surface area contributed by atoms with Crippen LogP contribution in [0.25, 0.3) is 0 Å². The molecule has 0 fully saturated rings. The van der Waals surface area contributed by atoms with Crippen molar-refractivity contribution in [3.8, 4) is 0 Å². The van der Waals surface area contributed by atoms with Gasteiger partial charge in [-0.05, 0) is 62.2 Å². The first kappa shape index (κ1) is 27.5. The Bertz CT molecular complexity index is 789. The molecule has 1 amide bonds. The van der Waals surface area contributed by atoms with Crippen molar-refractivity contribution in [2.75, 3.05) is 31.3 Å². The molecular formula is C22H30Cl2N4O2. The molecule has 2 rings (SSSR count). The highest BCUT2D eigenvalue weighted by Crippen LogP contribution is 2.23. The second-order valence-corrected chi connectivity index (χ2v) is 6.68.